The van der Waals surface area contributed by atoms with Crippen molar-refractivity contribution in [3.8, 4) is 0 Å². The van der Waals surface area contributed by atoms with E-state index >= 15 is 0 Å². The number of aromatic nitrogens is 3. The molecule has 3 aromatic rings. The largest absolute Gasteiger partial charge is 0.467 e. The summed E-state index contributed by atoms with van der Waals surface area (Å²) in [6.07, 6.45) is 7.10. The minimum absolute atomic E-state index is 0.144. The summed E-state index contributed by atoms with van der Waals surface area (Å²) in [4.78, 5) is 12.6. The fourth-order valence-electron chi connectivity index (χ4n) is 3.50. The van der Waals surface area contributed by atoms with Crippen LogP contribution >= 0.6 is 11.8 Å². The smallest absolute Gasteiger partial charge is 0.243 e. The lowest BCUT2D eigenvalue weighted by Gasteiger charge is -2.20. The van der Waals surface area contributed by atoms with E-state index in [0.29, 0.717) is 30.5 Å². The number of hydrogen-bond donors (Lipinski definition) is 1. The van der Waals surface area contributed by atoms with Gasteiger partial charge in [0.1, 0.15) is 12.1 Å². The molecule has 9 nitrogen and oxygen atoms in total. The SMILES string of the molecule is O=C(CSc1nncn1Cc1ccco1)Nc1ccc(S(=O)(=O)N2CCCCCC2)cc1. The van der Waals surface area contributed by atoms with E-state index in [4.69, 9.17) is 4.42 Å². The van der Waals surface area contributed by atoms with Crippen LogP contribution in [0.15, 0.2) is 63.5 Å². The lowest BCUT2D eigenvalue weighted by molar-refractivity contribution is -0.113. The fourth-order valence-corrected chi connectivity index (χ4v) is 5.74. The van der Waals surface area contributed by atoms with Crippen molar-refractivity contribution in [1.29, 1.82) is 0 Å². The zero-order chi connectivity index (χ0) is 22.4. The van der Waals surface area contributed by atoms with Crippen LogP contribution < -0.4 is 5.32 Å². The summed E-state index contributed by atoms with van der Waals surface area (Å²) >= 11 is 1.26. The standard InChI is InChI=1S/C21H25N5O4S2/c27-20(15-31-21-24-22-16-25(21)14-18-6-5-13-30-18)23-17-7-9-19(10-8-17)32(28,29)26-11-3-1-2-4-12-26/h5-10,13,16H,1-4,11-12,14-15H2,(H,23,27). The molecular weight excluding hydrogens is 450 g/mol. The van der Waals surface area contributed by atoms with Crippen molar-refractivity contribution in [2.45, 2.75) is 42.3 Å². The van der Waals surface area contributed by atoms with Crippen molar-refractivity contribution >= 4 is 33.4 Å². The van der Waals surface area contributed by atoms with Crippen LogP contribution in [0.2, 0.25) is 0 Å². The van der Waals surface area contributed by atoms with Crippen molar-refractivity contribution in [2.24, 2.45) is 0 Å². The van der Waals surface area contributed by atoms with Gasteiger partial charge in [0.25, 0.3) is 0 Å². The third kappa shape index (κ3) is 5.59. The van der Waals surface area contributed by atoms with Gasteiger partial charge < -0.3 is 14.3 Å². The number of rotatable bonds is 8. The summed E-state index contributed by atoms with van der Waals surface area (Å²) in [6.45, 7) is 1.60. The van der Waals surface area contributed by atoms with E-state index in [1.807, 2.05) is 12.1 Å². The van der Waals surface area contributed by atoms with Crippen LogP contribution in [-0.2, 0) is 21.4 Å². The van der Waals surface area contributed by atoms with Gasteiger partial charge in [-0.25, -0.2) is 8.42 Å². The van der Waals surface area contributed by atoms with E-state index in [9.17, 15) is 13.2 Å². The van der Waals surface area contributed by atoms with Gasteiger partial charge in [-0.1, -0.05) is 24.6 Å². The second kappa shape index (κ2) is 10.3. The minimum atomic E-state index is -3.51. The van der Waals surface area contributed by atoms with Gasteiger partial charge in [0.15, 0.2) is 5.16 Å². The molecule has 170 valence electrons. The predicted octanol–water partition coefficient (Wildman–Crippen LogP) is 3.21. The number of sulfonamides is 1. The zero-order valence-electron chi connectivity index (χ0n) is 17.5. The Hall–Kier alpha value is -2.63. The van der Waals surface area contributed by atoms with Crippen LogP contribution in [0.5, 0.6) is 0 Å². The molecule has 1 saturated heterocycles. The maximum atomic E-state index is 12.9. The quantitative estimate of drug-likeness (QED) is 0.498. The van der Waals surface area contributed by atoms with Gasteiger partial charge in [-0.05, 0) is 49.2 Å². The van der Waals surface area contributed by atoms with Crippen LogP contribution in [-0.4, -0.2) is 52.2 Å². The first-order valence-electron chi connectivity index (χ1n) is 10.5. The van der Waals surface area contributed by atoms with Crippen LogP contribution in [0, 0.1) is 0 Å². The number of hydrogen-bond acceptors (Lipinski definition) is 7. The molecule has 1 N–H and O–H groups in total. The van der Waals surface area contributed by atoms with Gasteiger partial charge in [-0.15, -0.1) is 10.2 Å². The highest BCUT2D eigenvalue weighted by atomic mass is 32.2. The maximum absolute atomic E-state index is 12.9. The number of amides is 1. The molecule has 0 spiro atoms. The van der Waals surface area contributed by atoms with Gasteiger partial charge in [0.05, 0.1) is 23.5 Å². The second-order valence-electron chi connectivity index (χ2n) is 7.50. The molecule has 0 aliphatic carbocycles. The lowest BCUT2D eigenvalue weighted by atomic mass is 10.2. The number of nitrogens with one attached hydrogen (secondary N) is 1. The third-order valence-electron chi connectivity index (χ3n) is 5.16. The predicted molar refractivity (Wildman–Crippen MR) is 121 cm³/mol. The van der Waals surface area contributed by atoms with Crippen LogP contribution in [0.3, 0.4) is 0 Å². The number of carbonyl (C=O) groups excluding carboxylic acids is 1. The van der Waals surface area contributed by atoms with E-state index in [1.54, 1.807) is 45.7 Å². The molecule has 1 fully saturated rings. The molecule has 2 aromatic heterocycles. The second-order valence-corrected chi connectivity index (χ2v) is 10.4. The molecule has 0 radical (unpaired) electrons. The highest BCUT2D eigenvalue weighted by molar-refractivity contribution is 7.99. The van der Waals surface area contributed by atoms with Gasteiger partial charge in [-0.2, -0.15) is 4.31 Å². The Morgan fingerprint density at radius 1 is 1.09 bits per heavy atom. The van der Waals surface area contributed by atoms with Gasteiger partial charge >= 0.3 is 0 Å². The van der Waals surface area contributed by atoms with E-state index in [0.717, 1.165) is 31.4 Å². The van der Waals surface area contributed by atoms with Crippen LogP contribution in [0.1, 0.15) is 31.4 Å². The van der Waals surface area contributed by atoms with Crippen molar-refractivity contribution in [1.82, 2.24) is 19.1 Å². The highest BCUT2D eigenvalue weighted by Crippen LogP contribution is 2.22. The summed E-state index contributed by atoms with van der Waals surface area (Å²) in [5.74, 6) is 0.696. The lowest BCUT2D eigenvalue weighted by Crippen LogP contribution is -2.31. The Bertz CT molecular complexity index is 1120. The van der Waals surface area contributed by atoms with Gasteiger partial charge in [0.2, 0.25) is 15.9 Å². The van der Waals surface area contributed by atoms with Crippen molar-refractivity contribution in [3.05, 3.63) is 54.7 Å². The monoisotopic (exact) mass is 475 g/mol. The molecule has 1 aromatic carbocycles. The van der Waals surface area contributed by atoms with E-state index in [-0.39, 0.29) is 16.6 Å². The Morgan fingerprint density at radius 2 is 1.84 bits per heavy atom. The molecule has 0 unspecified atom stereocenters. The molecule has 0 bridgehead atoms. The molecule has 11 heteroatoms. The topological polar surface area (TPSA) is 110 Å². The summed E-state index contributed by atoms with van der Waals surface area (Å²) in [5, 5.41) is 11.3. The molecule has 1 aliphatic rings. The average Bonchev–Trinajstić information content (AvgIpc) is 3.38. The summed E-state index contributed by atoms with van der Waals surface area (Å²) < 4.78 is 34.4. The number of anilines is 1. The van der Waals surface area contributed by atoms with Crippen molar-refractivity contribution in [3.63, 3.8) is 0 Å². The molecule has 0 atom stereocenters. The maximum Gasteiger partial charge on any atom is 0.243 e. The van der Waals surface area contributed by atoms with Crippen LogP contribution in [0.25, 0.3) is 0 Å². The van der Waals surface area contributed by atoms with Crippen LogP contribution in [0.4, 0.5) is 5.69 Å². The van der Waals surface area contributed by atoms with Gasteiger partial charge in [-0.3, -0.25) is 4.79 Å². The Morgan fingerprint density at radius 3 is 2.53 bits per heavy atom. The Labute approximate surface area is 191 Å². The van der Waals surface area contributed by atoms with E-state index in [2.05, 4.69) is 15.5 Å². The molecule has 1 aliphatic heterocycles. The minimum Gasteiger partial charge on any atom is -0.467 e. The number of benzene rings is 1. The number of thioether (sulfide) groups is 1. The van der Waals surface area contributed by atoms with Crippen molar-refractivity contribution < 1.29 is 17.6 Å². The number of nitrogens with zero attached hydrogens (tertiary/aromatic N) is 4. The van der Waals surface area contributed by atoms with E-state index < -0.39 is 10.0 Å². The first kappa shape index (κ1) is 22.6. The fraction of sp³-hybridized carbons (Fsp3) is 0.381. The Kier molecular flexibility index (Phi) is 7.28. The first-order chi connectivity index (χ1) is 15.5. The molecular formula is C21H25N5O4S2. The van der Waals surface area contributed by atoms with E-state index in [1.165, 1.54) is 11.8 Å². The zero-order valence-corrected chi connectivity index (χ0v) is 19.1. The molecule has 4 rings (SSSR count). The summed E-state index contributed by atoms with van der Waals surface area (Å²) in [5.41, 5.74) is 0.544. The molecule has 32 heavy (non-hydrogen) atoms. The molecule has 0 saturated carbocycles. The molecule has 3 heterocycles. The van der Waals surface area contributed by atoms with Crippen molar-refractivity contribution in [2.75, 3.05) is 24.2 Å². The normalized spacial score (nSPS) is 15.4. The number of furan rings is 1. The first-order valence-corrected chi connectivity index (χ1v) is 12.9. The molecule has 1 amide bonds. The average molecular weight is 476 g/mol. The number of carbonyl (C=O) groups is 1. The highest BCUT2D eigenvalue weighted by Gasteiger charge is 2.25. The summed E-state index contributed by atoms with van der Waals surface area (Å²) in [7, 11) is -3.51. The Balaban J connectivity index is 1.32. The summed E-state index contributed by atoms with van der Waals surface area (Å²) in [6, 6.07) is 9.99. The third-order valence-corrected chi connectivity index (χ3v) is 8.05. The van der Waals surface area contributed by atoms with Gasteiger partial charge in [0, 0.05) is 18.8 Å².